The van der Waals surface area contributed by atoms with E-state index in [2.05, 4.69) is 21.4 Å². The SMILES string of the molecule is CC(O)c1ccn(CCc2ccsc2)c1. The number of thiophene rings is 1. The Balaban J connectivity index is 1.94. The van der Waals surface area contributed by atoms with Crippen molar-refractivity contribution >= 4 is 11.3 Å². The lowest BCUT2D eigenvalue weighted by atomic mass is 10.2. The zero-order chi connectivity index (χ0) is 10.7. The lowest BCUT2D eigenvalue weighted by molar-refractivity contribution is 0.199. The van der Waals surface area contributed by atoms with Gasteiger partial charge in [-0.3, -0.25) is 0 Å². The van der Waals surface area contributed by atoms with Crippen LogP contribution in [-0.4, -0.2) is 9.67 Å². The Morgan fingerprint density at radius 3 is 2.93 bits per heavy atom. The van der Waals surface area contributed by atoms with Crippen LogP contribution in [0.25, 0.3) is 0 Å². The number of nitrogens with zero attached hydrogens (tertiary/aromatic N) is 1. The number of hydrogen-bond donors (Lipinski definition) is 1. The highest BCUT2D eigenvalue weighted by atomic mass is 32.1. The molecule has 1 N–H and O–H groups in total. The monoisotopic (exact) mass is 221 g/mol. The second-order valence-corrected chi connectivity index (χ2v) is 4.52. The molecule has 0 spiro atoms. The molecule has 15 heavy (non-hydrogen) atoms. The third-order valence-electron chi connectivity index (χ3n) is 2.49. The summed E-state index contributed by atoms with van der Waals surface area (Å²) in [6, 6.07) is 4.13. The normalized spacial score (nSPS) is 12.9. The van der Waals surface area contributed by atoms with Crippen molar-refractivity contribution in [3.8, 4) is 0 Å². The van der Waals surface area contributed by atoms with Gasteiger partial charge in [-0.05, 0) is 47.4 Å². The molecule has 0 aliphatic carbocycles. The minimum atomic E-state index is -0.368. The van der Waals surface area contributed by atoms with E-state index in [-0.39, 0.29) is 6.10 Å². The molecule has 3 heteroatoms. The van der Waals surface area contributed by atoms with Crippen molar-refractivity contribution < 1.29 is 5.11 Å². The van der Waals surface area contributed by atoms with Crippen molar-refractivity contribution in [2.45, 2.75) is 26.0 Å². The molecule has 0 aliphatic heterocycles. The third kappa shape index (κ3) is 2.70. The maximum Gasteiger partial charge on any atom is 0.0776 e. The van der Waals surface area contributed by atoms with Crippen molar-refractivity contribution in [3.63, 3.8) is 0 Å². The number of hydrogen-bond acceptors (Lipinski definition) is 2. The highest BCUT2D eigenvalue weighted by molar-refractivity contribution is 7.07. The summed E-state index contributed by atoms with van der Waals surface area (Å²) in [5.41, 5.74) is 2.37. The number of aryl methyl sites for hydroxylation is 2. The molecular weight excluding hydrogens is 206 g/mol. The van der Waals surface area contributed by atoms with E-state index >= 15 is 0 Å². The fraction of sp³-hybridized carbons (Fsp3) is 0.333. The van der Waals surface area contributed by atoms with Gasteiger partial charge in [-0.15, -0.1) is 0 Å². The first-order valence-corrected chi connectivity index (χ1v) is 6.05. The molecule has 0 aliphatic rings. The Morgan fingerprint density at radius 2 is 2.33 bits per heavy atom. The van der Waals surface area contributed by atoms with Crippen molar-refractivity contribution in [1.82, 2.24) is 4.57 Å². The molecule has 2 rings (SSSR count). The summed E-state index contributed by atoms with van der Waals surface area (Å²) in [6.07, 6.45) is 4.72. The van der Waals surface area contributed by atoms with Gasteiger partial charge in [-0.25, -0.2) is 0 Å². The second kappa shape index (κ2) is 4.64. The topological polar surface area (TPSA) is 25.2 Å². The molecule has 80 valence electrons. The zero-order valence-electron chi connectivity index (χ0n) is 8.76. The summed E-state index contributed by atoms with van der Waals surface area (Å²) in [4.78, 5) is 0. The molecule has 0 saturated heterocycles. The minimum Gasteiger partial charge on any atom is -0.389 e. The molecule has 1 unspecified atom stereocenters. The Hall–Kier alpha value is -1.06. The summed E-state index contributed by atoms with van der Waals surface area (Å²) in [7, 11) is 0. The minimum absolute atomic E-state index is 0.368. The molecule has 0 aromatic carbocycles. The maximum absolute atomic E-state index is 9.38. The van der Waals surface area contributed by atoms with Gasteiger partial charge in [0.2, 0.25) is 0 Å². The van der Waals surface area contributed by atoms with Crippen LogP contribution >= 0.6 is 11.3 Å². The quantitative estimate of drug-likeness (QED) is 0.843. The van der Waals surface area contributed by atoms with Gasteiger partial charge in [-0.2, -0.15) is 11.3 Å². The van der Waals surface area contributed by atoms with E-state index in [1.54, 1.807) is 18.3 Å². The Morgan fingerprint density at radius 1 is 1.47 bits per heavy atom. The summed E-state index contributed by atoms with van der Waals surface area (Å²) >= 11 is 1.74. The van der Waals surface area contributed by atoms with E-state index in [0.29, 0.717) is 0 Å². The molecule has 0 saturated carbocycles. The molecule has 2 aromatic heterocycles. The van der Waals surface area contributed by atoms with Crippen LogP contribution in [0.2, 0.25) is 0 Å². The van der Waals surface area contributed by atoms with Crippen LogP contribution < -0.4 is 0 Å². The average Bonchev–Trinajstić information content (AvgIpc) is 2.86. The van der Waals surface area contributed by atoms with Crippen molar-refractivity contribution in [2.75, 3.05) is 0 Å². The van der Waals surface area contributed by atoms with Crippen LogP contribution in [0.3, 0.4) is 0 Å². The van der Waals surface area contributed by atoms with Crippen LogP contribution in [0.4, 0.5) is 0 Å². The van der Waals surface area contributed by atoms with E-state index in [1.165, 1.54) is 5.56 Å². The Labute approximate surface area is 93.8 Å². The standard InChI is InChI=1S/C12H15NOS/c1-10(14)12-3-6-13(8-12)5-2-11-4-7-15-9-11/h3-4,6-10,14H,2,5H2,1H3. The zero-order valence-corrected chi connectivity index (χ0v) is 9.57. The Bertz CT molecular complexity index is 403. The first kappa shape index (κ1) is 10.5. The van der Waals surface area contributed by atoms with E-state index in [0.717, 1.165) is 18.5 Å². The van der Waals surface area contributed by atoms with Gasteiger partial charge in [0.05, 0.1) is 6.10 Å². The number of aromatic nitrogens is 1. The van der Waals surface area contributed by atoms with Gasteiger partial charge in [0, 0.05) is 18.9 Å². The predicted molar refractivity (Wildman–Crippen MR) is 63.1 cm³/mol. The average molecular weight is 221 g/mol. The van der Waals surface area contributed by atoms with Crippen molar-refractivity contribution in [2.24, 2.45) is 0 Å². The fourth-order valence-corrected chi connectivity index (χ4v) is 2.24. The van der Waals surface area contributed by atoms with Gasteiger partial charge in [0.25, 0.3) is 0 Å². The van der Waals surface area contributed by atoms with Crippen molar-refractivity contribution in [1.29, 1.82) is 0 Å². The van der Waals surface area contributed by atoms with Crippen LogP contribution in [0.15, 0.2) is 35.3 Å². The van der Waals surface area contributed by atoms with Gasteiger partial charge in [0.15, 0.2) is 0 Å². The van der Waals surface area contributed by atoms with E-state index in [9.17, 15) is 5.11 Å². The van der Waals surface area contributed by atoms with E-state index < -0.39 is 0 Å². The van der Waals surface area contributed by atoms with Crippen LogP contribution in [0, 0.1) is 0 Å². The number of aliphatic hydroxyl groups is 1. The van der Waals surface area contributed by atoms with Gasteiger partial charge < -0.3 is 9.67 Å². The third-order valence-corrected chi connectivity index (χ3v) is 3.23. The summed E-state index contributed by atoms with van der Waals surface area (Å²) in [5.74, 6) is 0. The van der Waals surface area contributed by atoms with Gasteiger partial charge in [0.1, 0.15) is 0 Å². The highest BCUT2D eigenvalue weighted by Crippen LogP contribution is 2.13. The predicted octanol–water partition coefficient (Wildman–Crippen LogP) is 2.85. The molecule has 2 heterocycles. The van der Waals surface area contributed by atoms with Crippen LogP contribution in [0.1, 0.15) is 24.2 Å². The molecule has 0 amide bonds. The highest BCUT2D eigenvalue weighted by Gasteiger charge is 2.02. The molecule has 2 aromatic rings. The summed E-state index contributed by atoms with van der Waals surface area (Å²) < 4.78 is 2.12. The molecule has 0 fully saturated rings. The lowest BCUT2D eigenvalue weighted by Crippen LogP contribution is -1.97. The van der Waals surface area contributed by atoms with Gasteiger partial charge >= 0.3 is 0 Å². The molecule has 2 nitrogen and oxygen atoms in total. The Kier molecular flexibility index (Phi) is 3.23. The fourth-order valence-electron chi connectivity index (χ4n) is 1.54. The smallest absolute Gasteiger partial charge is 0.0776 e. The molecule has 1 atom stereocenters. The second-order valence-electron chi connectivity index (χ2n) is 3.74. The molecular formula is C12H15NOS. The van der Waals surface area contributed by atoms with Crippen LogP contribution in [0.5, 0.6) is 0 Å². The summed E-state index contributed by atoms with van der Waals surface area (Å²) in [6.45, 7) is 2.77. The first-order chi connectivity index (χ1) is 7.25. The largest absolute Gasteiger partial charge is 0.389 e. The van der Waals surface area contributed by atoms with Crippen LogP contribution in [-0.2, 0) is 13.0 Å². The van der Waals surface area contributed by atoms with E-state index in [1.807, 2.05) is 18.5 Å². The number of aliphatic hydroxyl groups excluding tert-OH is 1. The maximum atomic E-state index is 9.38. The van der Waals surface area contributed by atoms with Gasteiger partial charge in [-0.1, -0.05) is 0 Å². The first-order valence-electron chi connectivity index (χ1n) is 5.10. The molecule has 0 bridgehead atoms. The number of rotatable bonds is 4. The summed E-state index contributed by atoms with van der Waals surface area (Å²) in [5, 5.41) is 13.7. The van der Waals surface area contributed by atoms with E-state index in [4.69, 9.17) is 0 Å². The molecule has 0 radical (unpaired) electrons. The van der Waals surface area contributed by atoms with Crippen molar-refractivity contribution in [3.05, 3.63) is 46.4 Å². The lowest BCUT2D eigenvalue weighted by Gasteiger charge is -2.02.